The van der Waals surface area contributed by atoms with Crippen LogP contribution in [0.15, 0.2) is 0 Å². The second-order valence-corrected chi connectivity index (χ2v) is 6.28. The molecule has 19 heavy (non-hydrogen) atoms. The Morgan fingerprint density at radius 2 is 2.05 bits per heavy atom. The van der Waals surface area contributed by atoms with Gasteiger partial charge in [-0.15, -0.1) is 5.10 Å². The van der Waals surface area contributed by atoms with E-state index in [-0.39, 0.29) is 18.1 Å². The summed E-state index contributed by atoms with van der Waals surface area (Å²) in [6, 6.07) is 0. The molecule has 108 valence electrons. The molecule has 0 saturated carbocycles. The van der Waals surface area contributed by atoms with E-state index in [1.165, 1.54) is 25.2 Å². The monoisotopic (exact) mass is 291 g/mol. The molecule has 1 heterocycles. The predicted molar refractivity (Wildman–Crippen MR) is 66.4 cm³/mol. The molecule has 0 N–H and O–H groups in total. The van der Waals surface area contributed by atoms with Crippen LogP contribution in [0.2, 0.25) is 0 Å². The van der Waals surface area contributed by atoms with E-state index in [1.54, 1.807) is 0 Å². The van der Waals surface area contributed by atoms with Crippen molar-refractivity contribution >= 4 is 15.8 Å². The topological polar surface area (TPSA) is 100 Å². The third kappa shape index (κ3) is 4.60. The van der Waals surface area contributed by atoms with E-state index >= 15 is 0 Å². The molecule has 0 bridgehead atoms. The molecule has 0 saturated heterocycles. The Kier molecular flexibility index (Phi) is 5.43. The third-order valence-corrected chi connectivity index (χ3v) is 3.41. The molecule has 0 aliphatic carbocycles. The highest BCUT2D eigenvalue weighted by atomic mass is 32.2. The smallest absolute Gasteiger partial charge is 0.360 e. The molecule has 0 aromatic carbocycles. The number of aromatic nitrogens is 3. The Labute approximate surface area is 111 Å². The number of hydrogen-bond acceptors (Lipinski definition) is 7. The van der Waals surface area contributed by atoms with Gasteiger partial charge in [-0.1, -0.05) is 5.21 Å². The van der Waals surface area contributed by atoms with Crippen molar-refractivity contribution in [1.82, 2.24) is 15.0 Å². The van der Waals surface area contributed by atoms with Gasteiger partial charge in [0.25, 0.3) is 0 Å². The van der Waals surface area contributed by atoms with Crippen molar-refractivity contribution in [2.24, 2.45) is 0 Å². The molecular weight excluding hydrogens is 274 g/mol. The van der Waals surface area contributed by atoms with Crippen LogP contribution in [0.1, 0.15) is 22.6 Å². The van der Waals surface area contributed by atoms with E-state index in [0.29, 0.717) is 18.7 Å². The first-order chi connectivity index (χ1) is 8.89. The van der Waals surface area contributed by atoms with E-state index in [4.69, 9.17) is 4.74 Å². The van der Waals surface area contributed by atoms with Crippen molar-refractivity contribution in [3.63, 3.8) is 0 Å². The third-order valence-electron chi connectivity index (χ3n) is 2.38. The molecule has 0 aliphatic heterocycles. The molecule has 0 aliphatic rings. The second-order valence-electron chi connectivity index (χ2n) is 4.02. The molecule has 0 unspecified atom stereocenters. The fraction of sp³-hybridized carbons (Fsp3) is 0.700. The summed E-state index contributed by atoms with van der Waals surface area (Å²) in [4.78, 5) is 11.5. The number of rotatable bonds is 7. The van der Waals surface area contributed by atoms with Crippen molar-refractivity contribution in [2.45, 2.75) is 19.6 Å². The maximum Gasteiger partial charge on any atom is 0.360 e. The lowest BCUT2D eigenvalue weighted by Crippen LogP contribution is -2.13. The first kappa shape index (κ1) is 15.6. The highest BCUT2D eigenvalue weighted by Crippen LogP contribution is 2.09. The molecule has 1 aromatic rings. The van der Waals surface area contributed by atoms with Crippen LogP contribution < -0.4 is 0 Å². The average molecular weight is 291 g/mol. The van der Waals surface area contributed by atoms with E-state index in [0.717, 1.165) is 0 Å². The normalized spacial score (nSPS) is 11.5. The molecule has 9 heteroatoms. The lowest BCUT2D eigenvalue weighted by atomic mass is 10.3. The molecule has 1 aromatic heterocycles. The zero-order valence-electron chi connectivity index (χ0n) is 11.1. The standard InChI is InChI=1S/C10H17N3O5S/c1-17-7-8-9(10(14)18-2)11-12-13(8)5-4-6-19(3,15)16/h4-7H2,1-3H3. The second kappa shape index (κ2) is 6.62. The maximum atomic E-state index is 11.5. The zero-order valence-corrected chi connectivity index (χ0v) is 11.9. The maximum absolute atomic E-state index is 11.5. The molecule has 8 nitrogen and oxygen atoms in total. The summed E-state index contributed by atoms with van der Waals surface area (Å²) >= 11 is 0. The van der Waals surface area contributed by atoms with Crippen LogP contribution in [-0.2, 0) is 32.5 Å². The van der Waals surface area contributed by atoms with Gasteiger partial charge in [0.2, 0.25) is 0 Å². The van der Waals surface area contributed by atoms with E-state index in [2.05, 4.69) is 15.0 Å². The molecule has 0 atom stereocenters. The first-order valence-corrected chi connectivity index (χ1v) is 7.62. The van der Waals surface area contributed by atoms with Crippen molar-refractivity contribution < 1.29 is 22.7 Å². The number of sulfone groups is 1. The number of ether oxygens (including phenoxy) is 2. The van der Waals surface area contributed by atoms with Crippen LogP contribution in [0.4, 0.5) is 0 Å². The molecule has 0 fully saturated rings. The lowest BCUT2D eigenvalue weighted by molar-refractivity contribution is 0.0588. The minimum absolute atomic E-state index is 0.0485. The number of carbonyl (C=O) groups excluding carboxylic acids is 1. The van der Waals surface area contributed by atoms with Gasteiger partial charge in [0.15, 0.2) is 5.69 Å². The first-order valence-electron chi connectivity index (χ1n) is 5.56. The highest BCUT2D eigenvalue weighted by Gasteiger charge is 2.20. The fourth-order valence-corrected chi connectivity index (χ4v) is 2.18. The summed E-state index contributed by atoms with van der Waals surface area (Å²) in [6.07, 6.45) is 1.56. The van der Waals surface area contributed by atoms with Gasteiger partial charge < -0.3 is 9.47 Å². The van der Waals surface area contributed by atoms with Crippen molar-refractivity contribution in [2.75, 3.05) is 26.2 Å². The minimum atomic E-state index is -3.02. The summed E-state index contributed by atoms with van der Waals surface area (Å²) in [5.74, 6) is -0.547. The molecule has 1 rings (SSSR count). The SMILES string of the molecule is COCc1c(C(=O)OC)nnn1CCCS(C)(=O)=O. The number of nitrogens with zero attached hydrogens (tertiary/aromatic N) is 3. The van der Waals surface area contributed by atoms with Crippen LogP contribution >= 0.6 is 0 Å². The van der Waals surface area contributed by atoms with E-state index < -0.39 is 15.8 Å². The molecule has 0 radical (unpaired) electrons. The lowest BCUT2D eigenvalue weighted by Gasteiger charge is -2.06. The molecule has 0 spiro atoms. The Bertz CT molecular complexity index is 537. The van der Waals surface area contributed by atoms with Crippen molar-refractivity contribution in [3.8, 4) is 0 Å². The summed E-state index contributed by atoms with van der Waals surface area (Å²) in [5.41, 5.74) is 0.562. The largest absolute Gasteiger partial charge is 0.464 e. The number of carbonyl (C=O) groups is 1. The fourth-order valence-electron chi connectivity index (χ4n) is 1.52. The summed E-state index contributed by atoms with van der Waals surface area (Å²) < 4.78 is 33.1. The number of hydrogen-bond donors (Lipinski definition) is 0. The van der Waals surface area contributed by atoms with Gasteiger partial charge in [-0.25, -0.2) is 17.9 Å². The molecular formula is C10H17N3O5S. The van der Waals surface area contributed by atoms with Gasteiger partial charge in [0.1, 0.15) is 9.84 Å². The van der Waals surface area contributed by atoms with Gasteiger partial charge in [-0.3, -0.25) is 0 Å². The average Bonchev–Trinajstić information content (AvgIpc) is 2.71. The van der Waals surface area contributed by atoms with Gasteiger partial charge in [-0.2, -0.15) is 0 Å². The van der Waals surface area contributed by atoms with Crippen LogP contribution in [0.25, 0.3) is 0 Å². The van der Waals surface area contributed by atoms with Gasteiger partial charge in [0.05, 0.1) is 25.2 Å². The predicted octanol–water partition coefficient (Wildman–Crippen LogP) is -0.354. The van der Waals surface area contributed by atoms with Gasteiger partial charge in [0, 0.05) is 19.9 Å². The van der Waals surface area contributed by atoms with Crippen LogP contribution in [0, 0.1) is 0 Å². The number of esters is 1. The zero-order chi connectivity index (χ0) is 14.5. The quantitative estimate of drug-likeness (QED) is 0.633. The van der Waals surface area contributed by atoms with E-state index in [9.17, 15) is 13.2 Å². The Morgan fingerprint density at radius 1 is 1.37 bits per heavy atom. The van der Waals surface area contributed by atoms with Crippen molar-refractivity contribution in [1.29, 1.82) is 0 Å². The number of aryl methyl sites for hydroxylation is 1. The number of methoxy groups -OCH3 is 2. The Balaban J connectivity index is 2.83. The van der Waals surface area contributed by atoms with Crippen LogP contribution in [-0.4, -0.2) is 55.6 Å². The molecule has 0 amide bonds. The highest BCUT2D eigenvalue weighted by molar-refractivity contribution is 7.90. The Hall–Kier alpha value is -1.48. The summed E-state index contributed by atoms with van der Waals surface area (Å²) in [6.45, 7) is 0.492. The van der Waals surface area contributed by atoms with Gasteiger partial charge >= 0.3 is 5.97 Å². The summed E-state index contributed by atoms with van der Waals surface area (Å²) in [7, 11) is -0.285. The van der Waals surface area contributed by atoms with Crippen LogP contribution in [0.3, 0.4) is 0 Å². The van der Waals surface area contributed by atoms with E-state index in [1.807, 2.05) is 0 Å². The summed E-state index contributed by atoms with van der Waals surface area (Å²) in [5, 5.41) is 7.54. The minimum Gasteiger partial charge on any atom is -0.464 e. The van der Waals surface area contributed by atoms with Crippen molar-refractivity contribution in [3.05, 3.63) is 11.4 Å². The van der Waals surface area contributed by atoms with Gasteiger partial charge in [-0.05, 0) is 6.42 Å². The van der Waals surface area contributed by atoms with Crippen LogP contribution in [0.5, 0.6) is 0 Å². The Morgan fingerprint density at radius 3 is 2.58 bits per heavy atom.